The Bertz CT molecular complexity index is 412. The minimum absolute atomic E-state index is 0.134. The van der Waals surface area contributed by atoms with Gasteiger partial charge in [0.1, 0.15) is 11.6 Å². The van der Waals surface area contributed by atoms with Crippen molar-refractivity contribution in [3.05, 3.63) is 18.1 Å². The Morgan fingerprint density at radius 1 is 1.39 bits per heavy atom. The molecule has 0 aromatic carbocycles. The second-order valence-corrected chi connectivity index (χ2v) is 5.03. The van der Waals surface area contributed by atoms with Gasteiger partial charge in [-0.05, 0) is 33.8 Å². The van der Waals surface area contributed by atoms with Crippen molar-refractivity contribution in [3.8, 4) is 0 Å². The third-order valence-electron chi connectivity index (χ3n) is 2.44. The summed E-state index contributed by atoms with van der Waals surface area (Å²) in [6.45, 7) is 10.4. The van der Waals surface area contributed by atoms with Gasteiger partial charge in [0.2, 0.25) is 0 Å². The maximum Gasteiger partial charge on any atom is 0.323 e. The molecule has 1 N–H and O–H groups in total. The first kappa shape index (κ1) is 14.4. The van der Waals surface area contributed by atoms with Gasteiger partial charge in [-0.15, -0.1) is 0 Å². The predicted molar refractivity (Wildman–Crippen MR) is 72.7 cm³/mol. The van der Waals surface area contributed by atoms with Crippen molar-refractivity contribution >= 4 is 11.8 Å². The van der Waals surface area contributed by atoms with Gasteiger partial charge in [-0.2, -0.15) is 0 Å². The van der Waals surface area contributed by atoms with Crippen LogP contribution < -0.4 is 10.2 Å². The normalized spacial score (nSPS) is 11.2. The SMILES string of the molecule is CCNC(=O)N(c1ccnc(CC)n1)C(C)(C)C. The molecule has 2 amide bonds. The zero-order valence-corrected chi connectivity index (χ0v) is 11.8. The molecule has 0 aliphatic carbocycles. The van der Waals surface area contributed by atoms with Crippen LogP contribution >= 0.6 is 0 Å². The molecule has 1 rings (SSSR count). The number of aryl methyl sites for hydroxylation is 1. The molecule has 0 atom stereocenters. The molecular formula is C13H22N4O. The lowest BCUT2D eigenvalue weighted by atomic mass is 10.1. The second-order valence-electron chi connectivity index (χ2n) is 5.03. The van der Waals surface area contributed by atoms with E-state index in [-0.39, 0.29) is 11.6 Å². The number of rotatable bonds is 3. The number of anilines is 1. The molecule has 18 heavy (non-hydrogen) atoms. The van der Waals surface area contributed by atoms with E-state index in [4.69, 9.17) is 0 Å². The van der Waals surface area contributed by atoms with E-state index in [2.05, 4.69) is 15.3 Å². The summed E-state index contributed by atoms with van der Waals surface area (Å²) in [6, 6.07) is 1.63. The van der Waals surface area contributed by atoms with Crippen molar-refractivity contribution in [3.63, 3.8) is 0 Å². The molecule has 1 heterocycles. The molecular weight excluding hydrogens is 228 g/mol. The van der Waals surface area contributed by atoms with Gasteiger partial charge in [-0.25, -0.2) is 14.8 Å². The highest BCUT2D eigenvalue weighted by Gasteiger charge is 2.28. The van der Waals surface area contributed by atoms with Gasteiger partial charge >= 0.3 is 6.03 Å². The Kier molecular flexibility index (Phi) is 4.64. The van der Waals surface area contributed by atoms with E-state index in [1.54, 1.807) is 17.2 Å². The largest absolute Gasteiger partial charge is 0.338 e. The minimum atomic E-state index is -0.335. The average Bonchev–Trinajstić information content (AvgIpc) is 2.28. The van der Waals surface area contributed by atoms with Crippen LogP contribution in [0.5, 0.6) is 0 Å². The molecule has 0 spiro atoms. The number of nitrogens with one attached hydrogen (secondary N) is 1. The number of hydrogen-bond donors (Lipinski definition) is 1. The summed E-state index contributed by atoms with van der Waals surface area (Å²) in [5.41, 5.74) is -0.335. The molecule has 0 unspecified atom stereocenters. The van der Waals surface area contributed by atoms with Crippen LogP contribution in [0, 0.1) is 0 Å². The van der Waals surface area contributed by atoms with E-state index in [0.717, 1.165) is 12.2 Å². The van der Waals surface area contributed by atoms with Gasteiger partial charge in [0.25, 0.3) is 0 Å². The fourth-order valence-corrected chi connectivity index (χ4v) is 1.67. The summed E-state index contributed by atoms with van der Waals surface area (Å²) < 4.78 is 0. The molecule has 0 fully saturated rings. The molecule has 1 aromatic rings. The van der Waals surface area contributed by atoms with Crippen LogP contribution in [0.3, 0.4) is 0 Å². The lowest BCUT2D eigenvalue weighted by Gasteiger charge is -2.34. The summed E-state index contributed by atoms with van der Waals surface area (Å²) in [5, 5.41) is 2.81. The molecule has 0 aliphatic heterocycles. The molecule has 0 bridgehead atoms. The van der Waals surface area contributed by atoms with Crippen molar-refractivity contribution in [1.82, 2.24) is 15.3 Å². The summed E-state index contributed by atoms with van der Waals surface area (Å²) >= 11 is 0. The quantitative estimate of drug-likeness (QED) is 0.896. The Balaban J connectivity index is 3.13. The maximum absolute atomic E-state index is 12.1. The second kappa shape index (κ2) is 5.80. The number of carbonyl (C=O) groups is 1. The van der Waals surface area contributed by atoms with E-state index < -0.39 is 0 Å². The molecule has 5 nitrogen and oxygen atoms in total. The molecule has 1 aromatic heterocycles. The zero-order chi connectivity index (χ0) is 13.8. The van der Waals surface area contributed by atoms with Crippen LogP contribution in [-0.2, 0) is 6.42 Å². The zero-order valence-electron chi connectivity index (χ0n) is 11.8. The Morgan fingerprint density at radius 2 is 2.06 bits per heavy atom. The van der Waals surface area contributed by atoms with Crippen LogP contribution in [0.4, 0.5) is 10.6 Å². The van der Waals surface area contributed by atoms with Crippen LogP contribution in [0.25, 0.3) is 0 Å². The highest BCUT2D eigenvalue weighted by atomic mass is 16.2. The van der Waals surface area contributed by atoms with Gasteiger partial charge in [0.05, 0.1) is 0 Å². The fraction of sp³-hybridized carbons (Fsp3) is 0.615. The smallest absolute Gasteiger partial charge is 0.323 e. The third kappa shape index (κ3) is 3.42. The van der Waals surface area contributed by atoms with Crippen molar-refractivity contribution < 1.29 is 4.79 Å². The van der Waals surface area contributed by atoms with E-state index in [0.29, 0.717) is 12.4 Å². The van der Waals surface area contributed by atoms with Crippen molar-refractivity contribution in [2.24, 2.45) is 0 Å². The predicted octanol–water partition coefficient (Wildman–Crippen LogP) is 2.37. The number of hydrogen-bond acceptors (Lipinski definition) is 3. The lowest BCUT2D eigenvalue weighted by molar-refractivity contribution is 0.241. The van der Waals surface area contributed by atoms with Crippen molar-refractivity contribution in [2.75, 3.05) is 11.4 Å². The fourth-order valence-electron chi connectivity index (χ4n) is 1.67. The molecule has 0 saturated heterocycles. The van der Waals surface area contributed by atoms with Crippen molar-refractivity contribution in [2.45, 2.75) is 46.6 Å². The van der Waals surface area contributed by atoms with Gasteiger partial charge < -0.3 is 5.32 Å². The summed E-state index contributed by atoms with van der Waals surface area (Å²) in [4.78, 5) is 22.4. The van der Waals surface area contributed by atoms with Crippen LogP contribution in [0.2, 0.25) is 0 Å². The standard InChI is InChI=1S/C13H22N4O/c1-6-10-15-9-8-11(16-10)17(13(3,4)5)12(18)14-7-2/h8-9H,6-7H2,1-5H3,(H,14,18). The van der Waals surface area contributed by atoms with Gasteiger partial charge in [-0.3, -0.25) is 4.90 Å². The average molecular weight is 250 g/mol. The monoisotopic (exact) mass is 250 g/mol. The topological polar surface area (TPSA) is 58.1 Å². The molecule has 0 aliphatic rings. The molecule has 0 radical (unpaired) electrons. The first-order valence-electron chi connectivity index (χ1n) is 6.30. The Labute approximate surface area is 109 Å². The Morgan fingerprint density at radius 3 is 2.56 bits per heavy atom. The van der Waals surface area contributed by atoms with Gasteiger partial charge in [0.15, 0.2) is 0 Å². The van der Waals surface area contributed by atoms with E-state index in [9.17, 15) is 4.79 Å². The van der Waals surface area contributed by atoms with E-state index in [1.807, 2.05) is 34.6 Å². The Hall–Kier alpha value is -1.65. The van der Waals surface area contributed by atoms with Gasteiger partial charge in [0, 0.05) is 24.7 Å². The first-order valence-corrected chi connectivity index (χ1v) is 6.30. The highest BCUT2D eigenvalue weighted by Crippen LogP contribution is 2.21. The van der Waals surface area contributed by atoms with Crippen LogP contribution in [0.15, 0.2) is 12.3 Å². The number of aromatic nitrogens is 2. The maximum atomic E-state index is 12.1. The minimum Gasteiger partial charge on any atom is -0.338 e. The number of amides is 2. The highest BCUT2D eigenvalue weighted by molar-refractivity contribution is 5.92. The van der Waals surface area contributed by atoms with E-state index in [1.165, 1.54) is 0 Å². The molecule has 0 saturated carbocycles. The first-order chi connectivity index (χ1) is 8.40. The van der Waals surface area contributed by atoms with Crippen LogP contribution in [0.1, 0.15) is 40.4 Å². The summed E-state index contributed by atoms with van der Waals surface area (Å²) in [5.74, 6) is 1.38. The summed E-state index contributed by atoms with van der Waals surface area (Å²) in [6.07, 6.45) is 2.44. The lowest BCUT2D eigenvalue weighted by Crippen LogP contribution is -2.51. The van der Waals surface area contributed by atoms with Gasteiger partial charge in [-0.1, -0.05) is 6.92 Å². The van der Waals surface area contributed by atoms with E-state index >= 15 is 0 Å². The van der Waals surface area contributed by atoms with Crippen molar-refractivity contribution in [1.29, 1.82) is 0 Å². The number of urea groups is 1. The number of nitrogens with zero attached hydrogens (tertiary/aromatic N) is 3. The molecule has 100 valence electrons. The molecule has 5 heteroatoms. The van der Waals surface area contributed by atoms with Crippen LogP contribution in [-0.4, -0.2) is 28.1 Å². The third-order valence-corrected chi connectivity index (χ3v) is 2.44. The number of carbonyl (C=O) groups excluding carboxylic acids is 1. The summed E-state index contributed by atoms with van der Waals surface area (Å²) in [7, 11) is 0.